The maximum atomic E-state index is 11.6. The molecule has 25 heavy (non-hydrogen) atoms. The number of aromatic amines is 1. The molecule has 0 amide bonds. The third-order valence-corrected chi connectivity index (χ3v) is 5.36. The number of fused-ring (bicyclic) bond motifs is 1. The summed E-state index contributed by atoms with van der Waals surface area (Å²) in [5.41, 5.74) is 2.80. The van der Waals surface area contributed by atoms with E-state index >= 15 is 0 Å². The molecule has 1 atom stereocenters. The molecule has 1 saturated carbocycles. The largest absolute Gasteiger partial charge is 0.480 e. The molecule has 2 N–H and O–H groups in total. The summed E-state index contributed by atoms with van der Waals surface area (Å²) >= 11 is 0. The minimum absolute atomic E-state index is 0.426. The van der Waals surface area contributed by atoms with E-state index in [2.05, 4.69) is 19.9 Å². The van der Waals surface area contributed by atoms with Crippen molar-refractivity contribution in [3.63, 3.8) is 0 Å². The lowest BCUT2D eigenvalue weighted by Crippen LogP contribution is -2.45. The second-order valence-electron chi connectivity index (χ2n) is 7.08. The summed E-state index contributed by atoms with van der Waals surface area (Å²) in [4.78, 5) is 30.0. The molecule has 7 nitrogen and oxygen atoms in total. The Kier molecular flexibility index (Phi) is 4.48. The van der Waals surface area contributed by atoms with Crippen LogP contribution in [0.4, 0.5) is 0 Å². The van der Waals surface area contributed by atoms with Crippen molar-refractivity contribution < 1.29 is 9.90 Å². The van der Waals surface area contributed by atoms with Crippen LogP contribution in [0.15, 0.2) is 18.7 Å². The molecule has 0 unspecified atom stereocenters. The van der Waals surface area contributed by atoms with Gasteiger partial charge in [0.1, 0.15) is 11.9 Å². The fourth-order valence-electron chi connectivity index (χ4n) is 3.95. The van der Waals surface area contributed by atoms with Crippen LogP contribution in [-0.4, -0.2) is 42.0 Å². The van der Waals surface area contributed by atoms with Gasteiger partial charge in [-0.2, -0.15) is 0 Å². The lowest BCUT2D eigenvalue weighted by Gasteiger charge is -2.32. The summed E-state index contributed by atoms with van der Waals surface area (Å²) in [5, 5.41) is 9.55. The van der Waals surface area contributed by atoms with E-state index < -0.39 is 12.0 Å². The van der Waals surface area contributed by atoms with Crippen LogP contribution in [0.2, 0.25) is 0 Å². The Balaban J connectivity index is 1.47. The standard InChI is InChI=1S/C18H23N5O2/c24-18(25)16-6-14-15(22-11-21-14)10-23(16)9-12-7-19-17(20-8-12)13-4-2-1-3-5-13/h7-8,11,13,16H,1-6,9-10H2,(H,21,22)(H,24,25)/t16-/m1/s1. The number of rotatable bonds is 4. The molecule has 0 radical (unpaired) electrons. The molecular weight excluding hydrogens is 318 g/mol. The first-order valence-electron chi connectivity index (χ1n) is 8.99. The summed E-state index contributed by atoms with van der Waals surface area (Å²) in [7, 11) is 0. The van der Waals surface area contributed by atoms with Crippen LogP contribution in [-0.2, 0) is 24.3 Å². The molecule has 0 spiro atoms. The molecule has 3 heterocycles. The molecule has 0 aromatic carbocycles. The molecular formula is C18H23N5O2. The minimum Gasteiger partial charge on any atom is -0.480 e. The van der Waals surface area contributed by atoms with Crippen LogP contribution >= 0.6 is 0 Å². The number of aliphatic carboxylic acids is 1. The average molecular weight is 341 g/mol. The Morgan fingerprint density at radius 1 is 1.20 bits per heavy atom. The molecule has 132 valence electrons. The van der Waals surface area contributed by atoms with Gasteiger partial charge in [-0.15, -0.1) is 0 Å². The monoisotopic (exact) mass is 341 g/mol. The Bertz CT molecular complexity index is 736. The molecule has 7 heteroatoms. The quantitative estimate of drug-likeness (QED) is 0.886. The highest BCUT2D eigenvalue weighted by molar-refractivity contribution is 5.74. The van der Waals surface area contributed by atoms with Crippen molar-refractivity contribution >= 4 is 5.97 Å². The second-order valence-corrected chi connectivity index (χ2v) is 7.08. The van der Waals surface area contributed by atoms with Gasteiger partial charge in [-0.25, -0.2) is 15.0 Å². The Morgan fingerprint density at radius 2 is 1.96 bits per heavy atom. The van der Waals surface area contributed by atoms with Crippen LogP contribution in [0.1, 0.15) is 60.8 Å². The molecule has 2 aromatic heterocycles. The number of aromatic nitrogens is 4. The average Bonchev–Trinajstić information content (AvgIpc) is 3.10. The van der Waals surface area contributed by atoms with E-state index in [4.69, 9.17) is 0 Å². The van der Waals surface area contributed by atoms with E-state index in [0.29, 0.717) is 25.4 Å². The van der Waals surface area contributed by atoms with E-state index in [1.165, 1.54) is 32.1 Å². The molecule has 1 fully saturated rings. The number of carboxylic acid groups (broad SMARTS) is 1. The lowest BCUT2D eigenvalue weighted by molar-refractivity contribution is -0.144. The molecule has 1 aliphatic heterocycles. The number of carbonyl (C=O) groups is 1. The van der Waals surface area contributed by atoms with Crippen LogP contribution in [0.3, 0.4) is 0 Å². The summed E-state index contributed by atoms with van der Waals surface area (Å²) in [6, 6.07) is -0.561. The summed E-state index contributed by atoms with van der Waals surface area (Å²) in [6.07, 6.45) is 12.0. The first-order chi connectivity index (χ1) is 12.2. The van der Waals surface area contributed by atoms with Gasteiger partial charge in [0, 0.05) is 43.4 Å². The van der Waals surface area contributed by atoms with Gasteiger partial charge in [-0.3, -0.25) is 9.69 Å². The first kappa shape index (κ1) is 16.2. The number of hydrogen-bond donors (Lipinski definition) is 2. The third kappa shape index (κ3) is 3.42. The SMILES string of the molecule is O=C(O)[C@H]1Cc2nc[nH]c2CN1Cc1cnc(C2CCCCC2)nc1. The molecule has 2 aromatic rings. The van der Waals surface area contributed by atoms with Crippen LogP contribution in [0.25, 0.3) is 0 Å². The van der Waals surface area contributed by atoms with Crippen LogP contribution < -0.4 is 0 Å². The van der Waals surface area contributed by atoms with E-state index in [9.17, 15) is 9.90 Å². The predicted molar refractivity (Wildman–Crippen MR) is 90.8 cm³/mol. The Labute approximate surface area is 146 Å². The van der Waals surface area contributed by atoms with Crippen molar-refractivity contribution in [1.82, 2.24) is 24.8 Å². The van der Waals surface area contributed by atoms with E-state index in [1.54, 1.807) is 6.33 Å². The van der Waals surface area contributed by atoms with Gasteiger partial charge < -0.3 is 10.1 Å². The van der Waals surface area contributed by atoms with Crippen LogP contribution in [0.5, 0.6) is 0 Å². The maximum Gasteiger partial charge on any atom is 0.321 e. The zero-order chi connectivity index (χ0) is 17.2. The van der Waals surface area contributed by atoms with Crippen molar-refractivity contribution in [3.05, 3.63) is 41.5 Å². The fourth-order valence-corrected chi connectivity index (χ4v) is 3.95. The van der Waals surface area contributed by atoms with Gasteiger partial charge in [0.25, 0.3) is 0 Å². The number of nitrogens with zero attached hydrogens (tertiary/aromatic N) is 4. The van der Waals surface area contributed by atoms with E-state index in [0.717, 1.165) is 22.8 Å². The van der Waals surface area contributed by atoms with Gasteiger partial charge in [0.2, 0.25) is 0 Å². The van der Waals surface area contributed by atoms with Crippen molar-refractivity contribution in [2.45, 2.75) is 63.6 Å². The summed E-state index contributed by atoms with van der Waals surface area (Å²) in [6.45, 7) is 1.08. The highest BCUT2D eigenvalue weighted by Gasteiger charge is 2.33. The van der Waals surface area contributed by atoms with Gasteiger partial charge in [0.15, 0.2) is 0 Å². The van der Waals surface area contributed by atoms with Gasteiger partial charge in [0.05, 0.1) is 17.7 Å². The predicted octanol–water partition coefficient (Wildman–Crippen LogP) is 2.26. The van der Waals surface area contributed by atoms with E-state index in [1.807, 2.05) is 17.3 Å². The number of H-pyrrole nitrogens is 1. The summed E-state index contributed by atoms with van der Waals surface area (Å²) in [5.74, 6) is 0.609. The summed E-state index contributed by atoms with van der Waals surface area (Å²) < 4.78 is 0. The second kappa shape index (κ2) is 6.92. The Hall–Kier alpha value is -2.28. The van der Waals surface area contributed by atoms with Gasteiger partial charge >= 0.3 is 5.97 Å². The number of nitrogens with one attached hydrogen (secondary N) is 1. The van der Waals surface area contributed by atoms with Crippen molar-refractivity contribution in [1.29, 1.82) is 0 Å². The van der Waals surface area contributed by atoms with Gasteiger partial charge in [-0.1, -0.05) is 19.3 Å². The van der Waals surface area contributed by atoms with E-state index in [-0.39, 0.29) is 0 Å². The van der Waals surface area contributed by atoms with Crippen molar-refractivity contribution in [3.8, 4) is 0 Å². The smallest absolute Gasteiger partial charge is 0.321 e. The minimum atomic E-state index is -0.812. The van der Waals surface area contributed by atoms with Gasteiger partial charge in [-0.05, 0) is 12.8 Å². The number of hydrogen-bond acceptors (Lipinski definition) is 5. The Morgan fingerprint density at radius 3 is 2.68 bits per heavy atom. The fraction of sp³-hybridized carbons (Fsp3) is 0.556. The molecule has 0 saturated heterocycles. The number of imidazole rings is 1. The molecule has 1 aliphatic carbocycles. The van der Waals surface area contributed by atoms with Crippen molar-refractivity contribution in [2.24, 2.45) is 0 Å². The third-order valence-electron chi connectivity index (χ3n) is 5.36. The topological polar surface area (TPSA) is 95.0 Å². The lowest BCUT2D eigenvalue weighted by atomic mass is 9.89. The normalized spacial score (nSPS) is 21.8. The van der Waals surface area contributed by atoms with Crippen LogP contribution in [0, 0.1) is 0 Å². The zero-order valence-corrected chi connectivity index (χ0v) is 14.2. The highest BCUT2D eigenvalue weighted by atomic mass is 16.4. The molecule has 4 rings (SSSR count). The van der Waals surface area contributed by atoms with Crippen molar-refractivity contribution in [2.75, 3.05) is 0 Å². The maximum absolute atomic E-state index is 11.6. The molecule has 0 bridgehead atoms. The first-order valence-corrected chi connectivity index (χ1v) is 8.99. The molecule has 2 aliphatic rings. The zero-order valence-electron chi connectivity index (χ0n) is 14.2. The number of carboxylic acids is 1. The highest BCUT2D eigenvalue weighted by Crippen LogP contribution is 2.30.